The van der Waals surface area contributed by atoms with Crippen LogP contribution in [0, 0.1) is 6.92 Å². The fourth-order valence-electron chi connectivity index (χ4n) is 3.72. The van der Waals surface area contributed by atoms with E-state index >= 15 is 0 Å². The molecule has 3 aromatic rings. The maximum absolute atomic E-state index is 13.2. The maximum Gasteiger partial charge on any atom is 0.277 e. The molecule has 0 unspecified atom stereocenters. The molecule has 0 saturated carbocycles. The zero-order chi connectivity index (χ0) is 19.5. The summed E-state index contributed by atoms with van der Waals surface area (Å²) < 4.78 is 0. The molecule has 4 rings (SSSR count). The van der Waals surface area contributed by atoms with Gasteiger partial charge in [0.15, 0.2) is 0 Å². The number of anilines is 3. The van der Waals surface area contributed by atoms with Crippen molar-refractivity contribution in [3.8, 4) is 0 Å². The lowest BCUT2D eigenvalue weighted by Gasteiger charge is -2.29. The van der Waals surface area contributed by atoms with E-state index in [4.69, 9.17) is 0 Å². The van der Waals surface area contributed by atoms with Crippen LogP contribution < -0.4 is 9.80 Å². The largest absolute Gasteiger partial charge is 0.310 e. The normalized spacial score (nSPS) is 13.1. The van der Waals surface area contributed by atoms with E-state index in [9.17, 15) is 4.79 Å². The van der Waals surface area contributed by atoms with Gasteiger partial charge < -0.3 is 9.80 Å². The third-order valence-electron chi connectivity index (χ3n) is 5.09. The summed E-state index contributed by atoms with van der Waals surface area (Å²) in [7, 11) is 0. The Hall–Kier alpha value is -3.21. The summed E-state index contributed by atoms with van der Waals surface area (Å²) in [5, 5.41) is 0. The van der Waals surface area contributed by atoms with Gasteiger partial charge in [0.25, 0.3) is 5.91 Å². The number of nitrogens with zero attached hydrogens (tertiary/aromatic N) is 4. The molecule has 0 radical (unpaired) electrons. The SMILES string of the molecule is CCN(C(=O)c1ccnc(N2CCCc3ccccc32)n1)c1cccc(C)c1. The topological polar surface area (TPSA) is 49.3 Å². The third kappa shape index (κ3) is 3.48. The number of rotatable bonds is 4. The van der Waals surface area contributed by atoms with Crippen molar-refractivity contribution >= 4 is 23.2 Å². The Balaban J connectivity index is 1.66. The second-order valence-electron chi connectivity index (χ2n) is 7.01. The van der Waals surface area contributed by atoms with Crippen molar-refractivity contribution in [3.63, 3.8) is 0 Å². The molecule has 0 saturated heterocycles. The summed E-state index contributed by atoms with van der Waals surface area (Å²) in [5.41, 5.74) is 4.85. The molecule has 2 aromatic carbocycles. The summed E-state index contributed by atoms with van der Waals surface area (Å²) in [5.74, 6) is 0.473. The molecule has 5 nitrogen and oxygen atoms in total. The predicted octanol–water partition coefficient (Wildman–Crippen LogP) is 4.54. The summed E-state index contributed by atoms with van der Waals surface area (Å²) in [6.07, 6.45) is 3.78. The minimum absolute atomic E-state index is 0.109. The van der Waals surface area contributed by atoms with E-state index in [0.29, 0.717) is 18.2 Å². The fourth-order valence-corrected chi connectivity index (χ4v) is 3.72. The molecule has 1 aliphatic rings. The van der Waals surface area contributed by atoms with Gasteiger partial charge in [-0.3, -0.25) is 4.79 Å². The number of aromatic nitrogens is 2. The number of hydrogen-bond donors (Lipinski definition) is 0. The van der Waals surface area contributed by atoms with Gasteiger partial charge in [-0.1, -0.05) is 30.3 Å². The smallest absolute Gasteiger partial charge is 0.277 e. The first-order chi connectivity index (χ1) is 13.7. The summed E-state index contributed by atoms with van der Waals surface area (Å²) in [6.45, 7) is 5.43. The highest BCUT2D eigenvalue weighted by Crippen LogP contribution is 2.31. The van der Waals surface area contributed by atoms with Gasteiger partial charge in [-0.15, -0.1) is 0 Å². The van der Waals surface area contributed by atoms with Crippen molar-refractivity contribution in [2.75, 3.05) is 22.9 Å². The van der Waals surface area contributed by atoms with Crippen LogP contribution in [0.2, 0.25) is 0 Å². The van der Waals surface area contributed by atoms with Gasteiger partial charge in [0.2, 0.25) is 5.95 Å². The molecule has 2 heterocycles. The molecule has 0 atom stereocenters. The molecule has 1 aliphatic heterocycles. The highest BCUT2D eigenvalue weighted by Gasteiger charge is 2.23. The Morgan fingerprint density at radius 2 is 2.00 bits per heavy atom. The van der Waals surface area contributed by atoms with Crippen LogP contribution >= 0.6 is 0 Å². The molecule has 28 heavy (non-hydrogen) atoms. The Morgan fingerprint density at radius 3 is 2.82 bits per heavy atom. The molecule has 0 aliphatic carbocycles. The number of para-hydroxylation sites is 1. The average Bonchev–Trinajstić information content (AvgIpc) is 2.74. The zero-order valence-corrected chi connectivity index (χ0v) is 16.3. The lowest BCUT2D eigenvalue weighted by atomic mass is 10.0. The van der Waals surface area contributed by atoms with E-state index in [1.54, 1.807) is 17.2 Å². The quantitative estimate of drug-likeness (QED) is 0.675. The van der Waals surface area contributed by atoms with Gasteiger partial charge in [0, 0.05) is 30.7 Å². The zero-order valence-electron chi connectivity index (χ0n) is 16.3. The van der Waals surface area contributed by atoms with Crippen LogP contribution in [0.25, 0.3) is 0 Å². The van der Waals surface area contributed by atoms with Crippen LogP contribution in [-0.2, 0) is 6.42 Å². The lowest BCUT2D eigenvalue weighted by Crippen LogP contribution is -2.32. The van der Waals surface area contributed by atoms with Crippen molar-refractivity contribution in [1.82, 2.24) is 9.97 Å². The lowest BCUT2D eigenvalue weighted by molar-refractivity contribution is 0.0983. The first-order valence-corrected chi connectivity index (χ1v) is 9.74. The van der Waals surface area contributed by atoms with Crippen LogP contribution in [-0.4, -0.2) is 29.0 Å². The van der Waals surface area contributed by atoms with Crippen molar-refractivity contribution < 1.29 is 4.79 Å². The first-order valence-electron chi connectivity index (χ1n) is 9.74. The third-order valence-corrected chi connectivity index (χ3v) is 5.09. The Kier molecular flexibility index (Phi) is 5.06. The minimum Gasteiger partial charge on any atom is -0.310 e. The van der Waals surface area contributed by atoms with Gasteiger partial charge in [-0.2, -0.15) is 0 Å². The van der Waals surface area contributed by atoms with E-state index in [2.05, 4.69) is 33.1 Å². The molecule has 5 heteroatoms. The van der Waals surface area contributed by atoms with Crippen LogP contribution in [0.5, 0.6) is 0 Å². The van der Waals surface area contributed by atoms with Gasteiger partial charge in [-0.25, -0.2) is 9.97 Å². The highest BCUT2D eigenvalue weighted by atomic mass is 16.2. The van der Waals surface area contributed by atoms with Crippen molar-refractivity contribution in [2.45, 2.75) is 26.7 Å². The van der Waals surface area contributed by atoms with E-state index in [-0.39, 0.29) is 5.91 Å². The van der Waals surface area contributed by atoms with E-state index in [0.717, 1.165) is 36.3 Å². The number of carbonyl (C=O) groups excluding carboxylic acids is 1. The second kappa shape index (κ2) is 7.80. The molecule has 142 valence electrons. The van der Waals surface area contributed by atoms with Crippen LogP contribution in [0.4, 0.5) is 17.3 Å². The number of carbonyl (C=O) groups is 1. The molecule has 1 amide bonds. The van der Waals surface area contributed by atoms with Gasteiger partial charge in [0.1, 0.15) is 5.69 Å². The molecular weight excluding hydrogens is 348 g/mol. The Labute approximate surface area is 165 Å². The van der Waals surface area contributed by atoms with E-state index in [1.165, 1.54) is 5.56 Å². The molecule has 1 aromatic heterocycles. The maximum atomic E-state index is 13.2. The molecule has 0 fully saturated rings. The van der Waals surface area contributed by atoms with Crippen LogP contribution in [0.15, 0.2) is 60.8 Å². The molecule has 0 bridgehead atoms. The van der Waals surface area contributed by atoms with Crippen molar-refractivity contribution in [2.24, 2.45) is 0 Å². The standard InChI is InChI=1S/C23H24N4O/c1-3-26(19-11-6-8-17(2)16-19)22(28)20-13-14-24-23(25-20)27-15-7-10-18-9-4-5-12-21(18)27/h4-6,8-9,11-14,16H,3,7,10,15H2,1-2H3. The fraction of sp³-hybridized carbons (Fsp3) is 0.261. The van der Waals surface area contributed by atoms with Gasteiger partial charge >= 0.3 is 0 Å². The first kappa shape index (κ1) is 18.2. The van der Waals surface area contributed by atoms with Crippen LogP contribution in [0.3, 0.4) is 0 Å². The number of benzene rings is 2. The number of fused-ring (bicyclic) bond motifs is 1. The number of amides is 1. The summed E-state index contributed by atoms with van der Waals surface area (Å²) in [4.78, 5) is 26.1. The second-order valence-corrected chi connectivity index (χ2v) is 7.01. The van der Waals surface area contributed by atoms with Gasteiger partial charge in [0.05, 0.1) is 0 Å². The van der Waals surface area contributed by atoms with Crippen molar-refractivity contribution in [1.29, 1.82) is 0 Å². The van der Waals surface area contributed by atoms with Crippen molar-refractivity contribution in [3.05, 3.63) is 77.6 Å². The number of aryl methyl sites for hydroxylation is 2. The predicted molar refractivity (Wildman–Crippen MR) is 112 cm³/mol. The summed E-state index contributed by atoms with van der Waals surface area (Å²) in [6, 6.07) is 18.0. The minimum atomic E-state index is -0.109. The van der Waals surface area contributed by atoms with Crippen LogP contribution in [0.1, 0.15) is 35.0 Å². The Morgan fingerprint density at radius 1 is 1.14 bits per heavy atom. The highest BCUT2D eigenvalue weighted by molar-refractivity contribution is 6.04. The Bertz CT molecular complexity index is 1000. The van der Waals surface area contributed by atoms with E-state index in [1.807, 2.05) is 44.2 Å². The molecular formula is C23H24N4O. The van der Waals surface area contributed by atoms with E-state index < -0.39 is 0 Å². The average molecular weight is 372 g/mol. The molecule has 0 spiro atoms. The molecule has 0 N–H and O–H groups in total. The summed E-state index contributed by atoms with van der Waals surface area (Å²) >= 11 is 0. The number of hydrogen-bond acceptors (Lipinski definition) is 4. The van der Waals surface area contributed by atoms with Gasteiger partial charge in [-0.05, 0) is 62.1 Å². The monoisotopic (exact) mass is 372 g/mol.